The Kier molecular flexibility index (Phi) is 8.74. The Hall–Kier alpha value is -3.38. The van der Waals surface area contributed by atoms with Crippen LogP contribution in [-0.4, -0.2) is 29.6 Å². The monoisotopic (exact) mass is 506 g/mol. The Labute approximate surface area is 216 Å². The van der Waals surface area contributed by atoms with E-state index < -0.39 is 8.32 Å². The molecular formula is C30H38O5Si. The van der Waals surface area contributed by atoms with Gasteiger partial charge in [-0.1, -0.05) is 69.3 Å². The second-order valence-corrected chi connectivity index (χ2v) is 14.9. The van der Waals surface area contributed by atoms with Gasteiger partial charge in [-0.25, -0.2) is 0 Å². The fourth-order valence-electron chi connectivity index (χ4n) is 3.39. The Bertz CT molecular complexity index is 1180. The number of benzene rings is 3. The molecule has 0 unspecified atom stereocenters. The van der Waals surface area contributed by atoms with Gasteiger partial charge in [0.05, 0.1) is 21.3 Å². The van der Waals surface area contributed by atoms with Crippen LogP contribution in [0.2, 0.25) is 18.1 Å². The molecule has 3 aromatic carbocycles. The lowest BCUT2D eigenvalue weighted by Gasteiger charge is -2.37. The largest absolute Gasteiger partial charge is 0.541 e. The maximum absolute atomic E-state index is 6.61. The molecule has 36 heavy (non-hydrogen) atoms. The first-order valence-corrected chi connectivity index (χ1v) is 15.0. The minimum atomic E-state index is -2.08. The van der Waals surface area contributed by atoms with E-state index in [1.165, 1.54) is 0 Å². The van der Waals surface area contributed by atoms with Gasteiger partial charge in [0.1, 0.15) is 6.61 Å². The summed E-state index contributed by atoms with van der Waals surface area (Å²) in [5, 5.41) is 0.0519. The lowest BCUT2D eigenvalue weighted by atomic mass is 10.1. The van der Waals surface area contributed by atoms with E-state index in [2.05, 4.69) is 33.9 Å². The summed E-state index contributed by atoms with van der Waals surface area (Å²) in [6.45, 7) is 11.6. The molecule has 0 fully saturated rings. The lowest BCUT2D eigenvalue weighted by molar-refractivity contribution is 0.284. The third kappa shape index (κ3) is 6.64. The molecule has 0 aliphatic rings. The fourth-order valence-corrected chi connectivity index (χ4v) is 4.39. The van der Waals surface area contributed by atoms with Crippen LogP contribution in [0.1, 0.15) is 37.5 Å². The summed E-state index contributed by atoms with van der Waals surface area (Å²) in [4.78, 5) is 0. The fraction of sp³-hybridized carbons (Fsp3) is 0.333. The Morgan fingerprint density at radius 2 is 1.31 bits per heavy atom. The highest BCUT2D eigenvalue weighted by Crippen LogP contribution is 2.44. The molecule has 0 saturated heterocycles. The molecule has 0 spiro atoms. The van der Waals surface area contributed by atoms with Crippen molar-refractivity contribution in [1.29, 1.82) is 0 Å². The normalized spacial score (nSPS) is 11.9. The van der Waals surface area contributed by atoms with Crippen molar-refractivity contribution in [3.63, 3.8) is 0 Å². The second-order valence-electron chi connectivity index (χ2n) is 10.1. The van der Waals surface area contributed by atoms with Crippen molar-refractivity contribution >= 4 is 20.5 Å². The van der Waals surface area contributed by atoms with Crippen LogP contribution in [0.4, 0.5) is 0 Å². The highest BCUT2D eigenvalue weighted by atomic mass is 28.4. The lowest BCUT2D eigenvalue weighted by Crippen LogP contribution is -2.43. The van der Waals surface area contributed by atoms with Gasteiger partial charge >= 0.3 is 0 Å². The molecule has 0 atom stereocenters. The molecule has 3 aromatic rings. The average Bonchev–Trinajstić information content (AvgIpc) is 2.85. The molecule has 0 N–H and O–H groups in total. The van der Waals surface area contributed by atoms with E-state index in [9.17, 15) is 0 Å². The highest BCUT2D eigenvalue weighted by Gasteiger charge is 2.39. The molecule has 3 rings (SSSR count). The molecule has 0 saturated carbocycles. The summed E-state index contributed by atoms with van der Waals surface area (Å²) in [5.74, 6) is 3.33. The first-order valence-electron chi connectivity index (χ1n) is 12.1. The highest BCUT2D eigenvalue weighted by molar-refractivity contribution is 6.74. The molecule has 192 valence electrons. The Morgan fingerprint density at radius 3 is 1.92 bits per heavy atom. The number of hydrogen-bond donors (Lipinski definition) is 0. The van der Waals surface area contributed by atoms with Crippen LogP contribution in [0.15, 0.2) is 60.7 Å². The van der Waals surface area contributed by atoms with E-state index in [1.54, 1.807) is 21.3 Å². The van der Waals surface area contributed by atoms with Gasteiger partial charge < -0.3 is 23.4 Å². The predicted octanol–water partition coefficient (Wildman–Crippen LogP) is 7.85. The second kappa shape index (κ2) is 11.6. The van der Waals surface area contributed by atoms with Gasteiger partial charge in [-0.15, -0.1) is 0 Å². The minimum absolute atomic E-state index is 0.0519. The van der Waals surface area contributed by atoms with E-state index in [1.807, 2.05) is 72.8 Å². The standard InChI is InChI=1S/C30H38O5Si/c1-30(2,3)36(7,8)35-28-20-24(19-27(32-5)29(28)33-6)15-14-22-16-17-25(31-4)26(18-22)34-21-23-12-10-9-11-13-23/h9-20H,21H2,1-8H3/b15-14-. The molecule has 5 nitrogen and oxygen atoms in total. The van der Waals surface area contributed by atoms with Gasteiger partial charge in [0.2, 0.25) is 5.75 Å². The van der Waals surface area contributed by atoms with Gasteiger partial charge in [-0.2, -0.15) is 0 Å². The first-order chi connectivity index (χ1) is 17.1. The molecule has 0 amide bonds. The van der Waals surface area contributed by atoms with Gasteiger partial charge in [0, 0.05) is 0 Å². The van der Waals surface area contributed by atoms with Gasteiger partial charge in [-0.3, -0.25) is 0 Å². The van der Waals surface area contributed by atoms with Crippen molar-refractivity contribution in [3.8, 4) is 28.7 Å². The molecule has 0 radical (unpaired) electrons. The van der Waals surface area contributed by atoms with E-state index >= 15 is 0 Å². The third-order valence-electron chi connectivity index (χ3n) is 6.53. The third-order valence-corrected chi connectivity index (χ3v) is 10.9. The Morgan fingerprint density at radius 1 is 0.694 bits per heavy atom. The van der Waals surface area contributed by atoms with Crippen LogP contribution in [0.5, 0.6) is 28.7 Å². The first kappa shape index (κ1) is 27.2. The van der Waals surface area contributed by atoms with Gasteiger partial charge in [0.25, 0.3) is 8.32 Å². The number of hydrogen-bond acceptors (Lipinski definition) is 5. The van der Waals surface area contributed by atoms with Crippen LogP contribution in [0.25, 0.3) is 12.2 Å². The van der Waals surface area contributed by atoms with Gasteiger partial charge in [0.15, 0.2) is 23.0 Å². The summed E-state index contributed by atoms with van der Waals surface area (Å²) in [5.41, 5.74) is 3.03. The SMILES string of the molecule is COc1ccc(/C=C\c2cc(OC)c(OC)c(O[Si](C)(C)C(C)(C)C)c2)cc1OCc1ccccc1. The van der Waals surface area contributed by atoms with Crippen LogP contribution in [0.3, 0.4) is 0 Å². The van der Waals surface area contributed by atoms with Gasteiger partial charge in [-0.05, 0) is 59.1 Å². The molecule has 0 aliphatic heterocycles. The maximum Gasteiger partial charge on any atom is 0.250 e. The van der Waals surface area contributed by atoms with Crippen molar-refractivity contribution < 1.29 is 23.4 Å². The summed E-state index contributed by atoms with van der Waals surface area (Å²) >= 11 is 0. The summed E-state index contributed by atoms with van der Waals surface area (Å²) in [7, 11) is 2.84. The van der Waals surface area contributed by atoms with Crippen LogP contribution >= 0.6 is 0 Å². The van der Waals surface area contributed by atoms with E-state index in [0.717, 1.165) is 16.7 Å². The van der Waals surface area contributed by atoms with Crippen molar-refractivity contribution in [2.24, 2.45) is 0 Å². The molecule has 6 heteroatoms. The molecule has 0 heterocycles. The zero-order valence-electron chi connectivity index (χ0n) is 22.7. The number of rotatable bonds is 10. The van der Waals surface area contributed by atoms with E-state index in [4.69, 9.17) is 23.4 Å². The molecule has 0 aromatic heterocycles. The number of ether oxygens (including phenoxy) is 4. The van der Waals surface area contributed by atoms with Crippen molar-refractivity contribution in [1.82, 2.24) is 0 Å². The predicted molar refractivity (Wildman–Crippen MR) is 150 cm³/mol. The van der Waals surface area contributed by atoms with Crippen LogP contribution in [0, 0.1) is 0 Å². The zero-order valence-corrected chi connectivity index (χ0v) is 23.7. The quantitative estimate of drug-likeness (QED) is 0.207. The van der Waals surface area contributed by atoms with Crippen LogP contribution < -0.4 is 23.4 Å². The van der Waals surface area contributed by atoms with Crippen LogP contribution in [-0.2, 0) is 6.61 Å². The van der Waals surface area contributed by atoms with E-state index in [-0.39, 0.29) is 5.04 Å². The number of methoxy groups -OCH3 is 3. The zero-order chi connectivity index (χ0) is 26.3. The minimum Gasteiger partial charge on any atom is -0.541 e. The Balaban J connectivity index is 1.90. The molecule has 0 aliphatic carbocycles. The topological polar surface area (TPSA) is 46.2 Å². The average molecular weight is 507 g/mol. The summed E-state index contributed by atoms with van der Waals surface area (Å²) in [6.07, 6.45) is 4.06. The van der Waals surface area contributed by atoms with E-state index in [0.29, 0.717) is 35.4 Å². The maximum atomic E-state index is 6.61. The summed E-state index contributed by atoms with van der Waals surface area (Å²) in [6, 6.07) is 19.9. The van der Waals surface area contributed by atoms with Crippen molar-refractivity contribution in [3.05, 3.63) is 77.4 Å². The van der Waals surface area contributed by atoms with Crippen molar-refractivity contribution in [2.75, 3.05) is 21.3 Å². The molecular weight excluding hydrogens is 468 g/mol. The summed E-state index contributed by atoms with van der Waals surface area (Å²) < 4.78 is 29.5. The smallest absolute Gasteiger partial charge is 0.250 e. The molecule has 0 bridgehead atoms. The van der Waals surface area contributed by atoms with Crippen molar-refractivity contribution in [2.45, 2.75) is 45.5 Å².